The maximum Gasteiger partial charge on any atom is 0.340 e. The standard InChI is InChI=1S/C21H23N3O4S/c1-21(2,3)27-20(25)15-10-16(26-4)18(22-11-15)19-23-17(28-24-19)13-29-12-14-8-6-5-7-9-14/h5-11H,12-13H2,1-4H3. The molecule has 0 amide bonds. The van der Waals surface area contributed by atoms with Crippen LogP contribution >= 0.6 is 11.8 Å². The Kier molecular flexibility index (Phi) is 6.53. The molecule has 0 aliphatic heterocycles. The molecule has 0 saturated carbocycles. The lowest BCUT2D eigenvalue weighted by Gasteiger charge is -2.19. The molecule has 0 fully saturated rings. The van der Waals surface area contributed by atoms with Crippen molar-refractivity contribution in [3.05, 3.63) is 59.6 Å². The van der Waals surface area contributed by atoms with Crippen molar-refractivity contribution in [2.75, 3.05) is 7.11 Å². The number of carbonyl (C=O) groups is 1. The summed E-state index contributed by atoms with van der Waals surface area (Å²) in [7, 11) is 1.50. The number of nitrogens with zero attached hydrogens (tertiary/aromatic N) is 3. The molecule has 152 valence electrons. The van der Waals surface area contributed by atoms with E-state index in [1.54, 1.807) is 38.6 Å². The van der Waals surface area contributed by atoms with Crippen molar-refractivity contribution in [3.63, 3.8) is 0 Å². The number of esters is 1. The van der Waals surface area contributed by atoms with Gasteiger partial charge in [0.2, 0.25) is 11.7 Å². The molecule has 0 atom stereocenters. The summed E-state index contributed by atoms with van der Waals surface area (Å²) in [6.07, 6.45) is 1.42. The van der Waals surface area contributed by atoms with E-state index in [2.05, 4.69) is 27.3 Å². The third-order valence-electron chi connectivity index (χ3n) is 3.72. The van der Waals surface area contributed by atoms with Gasteiger partial charge >= 0.3 is 5.97 Å². The van der Waals surface area contributed by atoms with Crippen LogP contribution in [0.4, 0.5) is 0 Å². The van der Waals surface area contributed by atoms with Gasteiger partial charge in [-0.3, -0.25) is 0 Å². The van der Waals surface area contributed by atoms with Gasteiger partial charge in [0.25, 0.3) is 0 Å². The van der Waals surface area contributed by atoms with E-state index in [0.29, 0.717) is 34.5 Å². The third kappa shape index (κ3) is 5.80. The molecular formula is C21H23N3O4S. The van der Waals surface area contributed by atoms with Gasteiger partial charge in [0.15, 0.2) is 5.69 Å². The Morgan fingerprint density at radius 3 is 2.62 bits per heavy atom. The number of hydrogen-bond acceptors (Lipinski definition) is 8. The molecule has 7 nitrogen and oxygen atoms in total. The first-order chi connectivity index (χ1) is 13.9. The zero-order valence-corrected chi connectivity index (χ0v) is 17.7. The Bertz CT molecular complexity index is 968. The Balaban J connectivity index is 1.69. The van der Waals surface area contributed by atoms with Crippen molar-refractivity contribution in [1.82, 2.24) is 15.1 Å². The van der Waals surface area contributed by atoms with Gasteiger partial charge in [0, 0.05) is 11.9 Å². The van der Waals surface area contributed by atoms with Crippen molar-refractivity contribution in [2.45, 2.75) is 37.9 Å². The van der Waals surface area contributed by atoms with Gasteiger partial charge in [-0.15, -0.1) is 11.8 Å². The normalized spacial score (nSPS) is 11.3. The maximum atomic E-state index is 12.2. The van der Waals surface area contributed by atoms with E-state index in [-0.39, 0.29) is 0 Å². The van der Waals surface area contributed by atoms with E-state index >= 15 is 0 Å². The molecule has 1 aromatic carbocycles. The number of benzene rings is 1. The van der Waals surface area contributed by atoms with Gasteiger partial charge in [-0.05, 0) is 32.4 Å². The number of methoxy groups -OCH3 is 1. The van der Waals surface area contributed by atoms with Gasteiger partial charge in [-0.2, -0.15) is 4.98 Å². The first-order valence-electron chi connectivity index (χ1n) is 9.08. The Morgan fingerprint density at radius 2 is 1.93 bits per heavy atom. The summed E-state index contributed by atoms with van der Waals surface area (Å²) < 4.78 is 16.1. The second-order valence-corrected chi connectivity index (χ2v) is 8.25. The third-order valence-corrected chi connectivity index (χ3v) is 4.71. The lowest BCUT2D eigenvalue weighted by Crippen LogP contribution is -2.24. The predicted molar refractivity (Wildman–Crippen MR) is 111 cm³/mol. The summed E-state index contributed by atoms with van der Waals surface area (Å²) in [6.45, 7) is 5.42. The van der Waals surface area contributed by atoms with E-state index in [9.17, 15) is 4.79 Å². The monoisotopic (exact) mass is 413 g/mol. The van der Waals surface area contributed by atoms with Crippen molar-refractivity contribution in [2.24, 2.45) is 0 Å². The highest BCUT2D eigenvalue weighted by Crippen LogP contribution is 2.28. The largest absolute Gasteiger partial charge is 0.494 e. The minimum Gasteiger partial charge on any atom is -0.494 e. The van der Waals surface area contributed by atoms with Crippen molar-refractivity contribution < 1.29 is 18.8 Å². The topological polar surface area (TPSA) is 87.3 Å². The summed E-state index contributed by atoms with van der Waals surface area (Å²) in [5.74, 6) is 2.15. The smallest absolute Gasteiger partial charge is 0.340 e. The molecule has 0 spiro atoms. The number of pyridine rings is 1. The van der Waals surface area contributed by atoms with E-state index in [1.807, 2.05) is 18.2 Å². The molecule has 0 aliphatic rings. The van der Waals surface area contributed by atoms with Gasteiger partial charge in [-0.1, -0.05) is 35.5 Å². The fraction of sp³-hybridized carbons (Fsp3) is 0.333. The first kappa shape index (κ1) is 20.9. The number of thioether (sulfide) groups is 1. The van der Waals surface area contributed by atoms with Crippen molar-refractivity contribution >= 4 is 17.7 Å². The van der Waals surface area contributed by atoms with Crippen LogP contribution < -0.4 is 4.74 Å². The number of ether oxygens (including phenoxy) is 2. The average molecular weight is 413 g/mol. The fourth-order valence-corrected chi connectivity index (χ4v) is 3.28. The predicted octanol–water partition coefficient (Wildman–Crippen LogP) is 4.53. The summed E-state index contributed by atoms with van der Waals surface area (Å²) >= 11 is 1.68. The summed E-state index contributed by atoms with van der Waals surface area (Å²) in [4.78, 5) is 20.9. The molecule has 29 heavy (non-hydrogen) atoms. The number of aromatic nitrogens is 3. The second kappa shape index (κ2) is 9.09. The zero-order valence-electron chi connectivity index (χ0n) is 16.8. The summed E-state index contributed by atoms with van der Waals surface area (Å²) in [5, 5.41) is 4.00. The van der Waals surface area contributed by atoms with Crippen LogP contribution in [0, 0.1) is 0 Å². The SMILES string of the molecule is COc1cc(C(=O)OC(C)(C)C)cnc1-c1noc(CSCc2ccccc2)n1. The minimum atomic E-state index is -0.594. The maximum absolute atomic E-state index is 12.2. The van der Waals surface area contributed by atoms with E-state index < -0.39 is 11.6 Å². The lowest BCUT2D eigenvalue weighted by molar-refractivity contribution is 0.00687. The number of rotatable bonds is 7. The molecule has 0 saturated heterocycles. The van der Waals surface area contributed by atoms with E-state index in [0.717, 1.165) is 5.75 Å². The van der Waals surface area contributed by atoms with Crippen LogP contribution in [-0.2, 0) is 16.2 Å². The summed E-state index contributed by atoms with van der Waals surface area (Å²) in [5.41, 5.74) is 1.34. The molecule has 0 aliphatic carbocycles. The molecule has 3 aromatic rings. The first-order valence-corrected chi connectivity index (χ1v) is 10.2. The average Bonchev–Trinajstić information content (AvgIpc) is 3.15. The molecule has 2 aromatic heterocycles. The second-order valence-electron chi connectivity index (χ2n) is 7.27. The van der Waals surface area contributed by atoms with Gasteiger partial charge in [0.1, 0.15) is 11.4 Å². The highest BCUT2D eigenvalue weighted by Gasteiger charge is 2.21. The van der Waals surface area contributed by atoms with Gasteiger partial charge < -0.3 is 14.0 Å². The van der Waals surface area contributed by atoms with Crippen LogP contribution in [0.1, 0.15) is 42.6 Å². The van der Waals surface area contributed by atoms with Gasteiger partial charge in [0.05, 0.1) is 18.4 Å². The van der Waals surface area contributed by atoms with Crippen LogP contribution in [0.25, 0.3) is 11.5 Å². The molecule has 0 radical (unpaired) electrons. The van der Waals surface area contributed by atoms with Crippen LogP contribution in [0.15, 0.2) is 47.1 Å². The fourth-order valence-electron chi connectivity index (χ4n) is 2.46. The molecule has 8 heteroatoms. The Labute approximate surface area is 173 Å². The molecule has 2 heterocycles. The Hall–Kier alpha value is -2.87. The van der Waals surface area contributed by atoms with Crippen molar-refractivity contribution in [1.29, 1.82) is 0 Å². The zero-order chi connectivity index (χ0) is 20.9. The highest BCUT2D eigenvalue weighted by molar-refractivity contribution is 7.97. The molecular weight excluding hydrogens is 390 g/mol. The van der Waals surface area contributed by atoms with Crippen LogP contribution in [0.3, 0.4) is 0 Å². The molecule has 0 N–H and O–H groups in total. The number of hydrogen-bond donors (Lipinski definition) is 0. The van der Waals surface area contributed by atoms with Crippen LogP contribution in [0.5, 0.6) is 5.75 Å². The molecule has 3 rings (SSSR count). The Morgan fingerprint density at radius 1 is 1.17 bits per heavy atom. The highest BCUT2D eigenvalue weighted by atomic mass is 32.2. The number of carbonyl (C=O) groups excluding carboxylic acids is 1. The van der Waals surface area contributed by atoms with Crippen LogP contribution in [0.2, 0.25) is 0 Å². The molecule has 0 unspecified atom stereocenters. The van der Waals surface area contributed by atoms with E-state index in [4.69, 9.17) is 14.0 Å². The molecule has 0 bridgehead atoms. The lowest BCUT2D eigenvalue weighted by atomic mass is 10.2. The minimum absolute atomic E-state index is 0.294. The van der Waals surface area contributed by atoms with Gasteiger partial charge in [-0.25, -0.2) is 9.78 Å². The van der Waals surface area contributed by atoms with E-state index in [1.165, 1.54) is 18.9 Å². The van der Waals surface area contributed by atoms with Crippen molar-refractivity contribution in [3.8, 4) is 17.3 Å². The van der Waals surface area contributed by atoms with Crippen LogP contribution in [-0.4, -0.2) is 33.8 Å². The summed E-state index contributed by atoms with van der Waals surface area (Å²) in [6, 6.07) is 11.7. The quantitative estimate of drug-likeness (QED) is 0.522.